The summed E-state index contributed by atoms with van der Waals surface area (Å²) in [5.74, 6) is -0.710. The summed E-state index contributed by atoms with van der Waals surface area (Å²) in [5.41, 5.74) is 4.34. The molecule has 0 fully saturated rings. The Morgan fingerprint density at radius 3 is 2.13 bits per heavy atom. The standard InChI is InChI=1S/C12H17NO2/c1-8(2)9-4-6-10(7-5-9)12(3,13)11(14)15/h4-8H,13H2,1-3H3,(H,14,15)/t12-/m0/s1. The topological polar surface area (TPSA) is 67.8 Å². The van der Waals surface area contributed by atoms with E-state index in [1.54, 1.807) is 19.1 Å². The monoisotopic (exact) mass is 207 g/mol. The summed E-state index contributed by atoms with van der Waals surface area (Å²) in [6, 6.07) is 7.48. The summed E-state index contributed by atoms with van der Waals surface area (Å²) in [4.78, 5) is 10.9. The molecule has 0 spiro atoms. The van der Waals surface area contributed by atoms with Crippen LogP contribution >= 0.6 is 0 Å². The lowest BCUT2D eigenvalue weighted by Crippen LogP contribution is -2.75. The lowest BCUT2D eigenvalue weighted by Gasteiger charge is -2.22. The second-order valence-corrected chi connectivity index (χ2v) is 4.40. The Labute approximate surface area is 89.9 Å². The molecular formula is C12H17NO2. The molecule has 0 amide bonds. The summed E-state index contributed by atoms with van der Waals surface area (Å²) in [6.45, 7) is 5.74. The van der Waals surface area contributed by atoms with E-state index in [1.165, 1.54) is 5.56 Å². The fourth-order valence-electron chi connectivity index (χ4n) is 1.35. The second-order valence-electron chi connectivity index (χ2n) is 4.40. The van der Waals surface area contributed by atoms with Gasteiger partial charge >= 0.3 is 0 Å². The van der Waals surface area contributed by atoms with Crippen LogP contribution in [0.5, 0.6) is 0 Å². The molecule has 15 heavy (non-hydrogen) atoms. The van der Waals surface area contributed by atoms with E-state index in [9.17, 15) is 9.90 Å². The zero-order valence-electron chi connectivity index (χ0n) is 9.41. The molecule has 0 heterocycles. The molecule has 3 heteroatoms. The number of hydrogen-bond donors (Lipinski definition) is 1. The third-order valence-corrected chi connectivity index (χ3v) is 2.67. The minimum atomic E-state index is -1.17. The maximum atomic E-state index is 10.9. The van der Waals surface area contributed by atoms with E-state index in [0.29, 0.717) is 11.5 Å². The average Bonchev–Trinajstić information content (AvgIpc) is 2.17. The maximum Gasteiger partial charge on any atom is 0.157 e. The van der Waals surface area contributed by atoms with Gasteiger partial charge in [-0.1, -0.05) is 38.1 Å². The molecule has 0 saturated carbocycles. The van der Waals surface area contributed by atoms with Gasteiger partial charge in [-0.15, -0.1) is 0 Å². The number of carbonyl (C=O) groups excluding carboxylic acids is 1. The van der Waals surface area contributed by atoms with Crippen molar-refractivity contribution in [2.24, 2.45) is 0 Å². The highest BCUT2D eigenvalue weighted by molar-refractivity contribution is 5.76. The molecule has 0 radical (unpaired) electrons. The minimum Gasteiger partial charge on any atom is -0.543 e. The molecule has 3 N–H and O–H groups in total. The lowest BCUT2D eigenvalue weighted by atomic mass is 9.91. The van der Waals surface area contributed by atoms with E-state index in [4.69, 9.17) is 0 Å². The first-order chi connectivity index (χ1) is 6.85. The van der Waals surface area contributed by atoms with E-state index >= 15 is 0 Å². The molecule has 1 aromatic rings. The number of carboxylic acid groups (broad SMARTS) is 1. The van der Waals surface area contributed by atoms with Crippen LogP contribution < -0.4 is 10.8 Å². The van der Waals surface area contributed by atoms with Crippen LogP contribution in [0, 0.1) is 0 Å². The van der Waals surface area contributed by atoms with Crippen molar-refractivity contribution in [3.8, 4) is 0 Å². The van der Waals surface area contributed by atoms with Crippen molar-refractivity contribution in [2.75, 3.05) is 0 Å². The fraction of sp³-hybridized carbons (Fsp3) is 0.417. The van der Waals surface area contributed by atoms with E-state index in [2.05, 4.69) is 19.6 Å². The number of aliphatic carboxylic acids is 1. The van der Waals surface area contributed by atoms with Gasteiger partial charge in [-0.2, -0.15) is 0 Å². The third kappa shape index (κ3) is 2.36. The number of benzene rings is 1. The highest BCUT2D eigenvalue weighted by atomic mass is 16.4. The van der Waals surface area contributed by atoms with Gasteiger partial charge in [-0.25, -0.2) is 0 Å². The lowest BCUT2D eigenvalue weighted by molar-refractivity contribution is -0.489. The van der Waals surface area contributed by atoms with Crippen molar-refractivity contribution in [1.82, 2.24) is 0 Å². The summed E-state index contributed by atoms with van der Waals surface area (Å²) >= 11 is 0. The summed E-state index contributed by atoms with van der Waals surface area (Å²) in [7, 11) is 0. The smallest absolute Gasteiger partial charge is 0.157 e. The number of carbonyl (C=O) groups is 1. The van der Waals surface area contributed by atoms with Crippen LogP contribution in [0.1, 0.15) is 37.8 Å². The number of quaternary nitrogens is 1. The normalized spacial score (nSPS) is 15.0. The molecule has 82 valence electrons. The fourth-order valence-corrected chi connectivity index (χ4v) is 1.35. The van der Waals surface area contributed by atoms with Gasteiger partial charge in [0, 0.05) is 12.5 Å². The van der Waals surface area contributed by atoms with E-state index in [0.717, 1.165) is 0 Å². The quantitative estimate of drug-likeness (QED) is 0.759. The highest BCUT2D eigenvalue weighted by Crippen LogP contribution is 2.19. The first-order valence-electron chi connectivity index (χ1n) is 5.03. The van der Waals surface area contributed by atoms with Gasteiger partial charge in [0.25, 0.3) is 0 Å². The molecule has 3 nitrogen and oxygen atoms in total. The van der Waals surface area contributed by atoms with Crippen LogP contribution in [0.2, 0.25) is 0 Å². The average molecular weight is 207 g/mol. The molecule has 0 aliphatic heterocycles. The second kappa shape index (κ2) is 4.03. The first-order valence-corrected chi connectivity index (χ1v) is 5.03. The van der Waals surface area contributed by atoms with Crippen molar-refractivity contribution in [1.29, 1.82) is 0 Å². The zero-order chi connectivity index (χ0) is 11.6. The van der Waals surface area contributed by atoms with Gasteiger partial charge in [0.15, 0.2) is 5.54 Å². The number of rotatable bonds is 3. The van der Waals surface area contributed by atoms with E-state index in [1.807, 2.05) is 12.1 Å². The molecule has 1 aromatic carbocycles. The largest absolute Gasteiger partial charge is 0.543 e. The van der Waals surface area contributed by atoms with Crippen molar-refractivity contribution < 1.29 is 15.6 Å². The molecule has 0 unspecified atom stereocenters. The van der Waals surface area contributed by atoms with Crippen LogP contribution in [-0.4, -0.2) is 5.97 Å². The molecule has 1 atom stereocenters. The number of carboxylic acids is 1. The molecule has 1 rings (SSSR count). The van der Waals surface area contributed by atoms with Crippen molar-refractivity contribution >= 4 is 5.97 Å². The predicted molar refractivity (Wildman–Crippen MR) is 55.8 cm³/mol. The van der Waals surface area contributed by atoms with Crippen LogP contribution in [0.15, 0.2) is 24.3 Å². The molecule has 0 bridgehead atoms. The van der Waals surface area contributed by atoms with E-state index in [-0.39, 0.29) is 0 Å². The number of hydrogen-bond acceptors (Lipinski definition) is 2. The molecular weight excluding hydrogens is 190 g/mol. The molecule has 0 aromatic heterocycles. The Kier molecular flexibility index (Phi) is 3.15. The minimum absolute atomic E-state index is 0.443. The van der Waals surface area contributed by atoms with Gasteiger partial charge in [-0.05, 0) is 11.5 Å². The van der Waals surface area contributed by atoms with Crippen LogP contribution in [0.25, 0.3) is 0 Å². The van der Waals surface area contributed by atoms with Gasteiger partial charge in [0.05, 0.1) is 0 Å². The maximum absolute atomic E-state index is 10.9. The van der Waals surface area contributed by atoms with Crippen molar-refractivity contribution in [3.05, 3.63) is 35.4 Å². The Bertz CT molecular complexity index is 352. The van der Waals surface area contributed by atoms with Gasteiger partial charge in [0.2, 0.25) is 0 Å². The summed E-state index contributed by atoms with van der Waals surface area (Å²) in [6.07, 6.45) is 0. The van der Waals surface area contributed by atoms with E-state index < -0.39 is 11.5 Å². The van der Waals surface area contributed by atoms with Gasteiger partial charge in [-0.3, -0.25) is 0 Å². The SMILES string of the molecule is CC(C)c1ccc([C@](C)([NH3+])C(=O)[O-])cc1. The van der Waals surface area contributed by atoms with Gasteiger partial charge in [0.1, 0.15) is 5.97 Å². The Hall–Kier alpha value is -1.35. The van der Waals surface area contributed by atoms with Crippen LogP contribution in [0.3, 0.4) is 0 Å². The Balaban J connectivity index is 3.04. The van der Waals surface area contributed by atoms with Crippen LogP contribution in [-0.2, 0) is 10.3 Å². The van der Waals surface area contributed by atoms with Gasteiger partial charge < -0.3 is 15.6 Å². The third-order valence-electron chi connectivity index (χ3n) is 2.67. The first kappa shape index (κ1) is 11.7. The summed E-state index contributed by atoms with van der Waals surface area (Å²) in [5, 5.41) is 10.9. The zero-order valence-corrected chi connectivity index (χ0v) is 9.41. The van der Waals surface area contributed by atoms with Crippen LogP contribution in [0.4, 0.5) is 0 Å². The Morgan fingerprint density at radius 1 is 1.33 bits per heavy atom. The predicted octanol–water partition coefficient (Wildman–Crippen LogP) is 0.0170. The summed E-state index contributed by atoms with van der Waals surface area (Å²) < 4.78 is 0. The highest BCUT2D eigenvalue weighted by Gasteiger charge is 2.26. The Morgan fingerprint density at radius 2 is 1.80 bits per heavy atom. The van der Waals surface area contributed by atoms with Crippen molar-refractivity contribution in [3.63, 3.8) is 0 Å². The van der Waals surface area contributed by atoms with Crippen molar-refractivity contribution in [2.45, 2.75) is 32.2 Å². The molecule has 0 saturated heterocycles. The molecule has 0 aliphatic carbocycles. The molecule has 0 aliphatic rings.